The van der Waals surface area contributed by atoms with Crippen molar-refractivity contribution in [2.24, 2.45) is 0 Å². The maximum absolute atomic E-state index is 11.9. The maximum Gasteiger partial charge on any atom is 0.367 e. The molecule has 8 heteroatoms. The van der Waals surface area contributed by atoms with Crippen molar-refractivity contribution in [1.29, 1.82) is 0 Å². The van der Waals surface area contributed by atoms with Gasteiger partial charge in [0.1, 0.15) is 25.4 Å². The van der Waals surface area contributed by atoms with E-state index in [0.717, 1.165) is 4.90 Å². The smallest absolute Gasteiger partial charge is 0.367 e. The van der Waals surface area contributed by atoms with Crippen LogP contribution < -0.4 is 9.64 Å². The third-order valence-corrected chi connectivity index (χ3v) is 2.54. The number of ether oxygens (including phenoxy) is 1. The van der Waals surface area contributed by atoms with Crippen LogP contribution >= 0.6 is 11.6 Å². The molecule has 0 heterocycles. The number of hydrogen-bond donors (Lipinski definition) is 1. The van der Waals surface area contributed by atoms with Gasteiger partial charge >= 0.3 is 11.9 Å². The summed E-state index contributed by atoms with van der Waals surface area (Å²) in [5.74, 6) is -0.0215. The van der Waals surface area contributed by atoms with Gasteiger partial charge in [0.25, 0.3) is 0 Å². The van der Waals surface area contributed by atoms with Crippen LogP contribution in [0.3, 0.4) is 0 Å². The molecule has 0 aromatic heterocycles. The van der Waals surface area contributed by atoms with Crippen LogP contribution in [0.1, 0.15) is 0 Å². The quantitative estimate of drug-likeness (QED) is 0.771. The number of aliphatic carboxylic acids is 1. The van der Waals surface area contributed by atoms with Gasteiger partial charge in [-0.05, 0) is 18.2 Å². The van der Waals surface area contributed by atoms with Gasteiger partial charge in [-0.1, -0.05) is 17.5 Å². The lowest BCUT2D eigenvalue weighted by molar-refractivity contribution is -0.181. The summed E-state index contributed by atoms with van der Waals surface area (Å²) < 4.78 is 17.1. The summed E-state index contributed by atoms with van der Waals surface area (Å²) in [4.78, 5) is 26.0. The molecule has 0 unspecified atom stereocenters. The molecular weight excluding hydrogens is 305 g/mol. The molecule has 0 spiro atoms. The Morgan fingerprint density at radius 1 is 1.43 bits per heavy atom. The summed E-state index contributed by atoms with van der Waals surface area (Å²) in [6.45, 7) is -1.28. The average molecular weight is 316 g/mol. The van der Waals surface area contributed by atoms with Crippen LogP contribution in [0.4, 0.5) is 10.2 Å². The summed E-state index contributed by atoms with van der Waals surface area (Å²) in [6, 6.07) is 4.34. The van der Waals surface area contributed by atoms with Gasteiger partial charge in [0.15, 0.2) is 0 Å². The maximum atomic E-state index is 11.9. The highest BCUT2D eigenvalue weighted by atomic mass is 35.5. The van der Waals surface area contributed by atoms with E-state index >= 15 is 0 Å². The summed E-state index contributed by atoms with van der Waals surface area (Å²) >= 11 is 5.84. The number of carbonyl (C=O) groups is 2. The predicted octanol–water partition coefficient (Wildman–Crippen LogP) is 1.67. The molecule has 0 aliphatic rings. The average Bonchev–Trinajstić information content (AvgIpc) is 2.44. The van der Waals surface area contributed by atoms with Crippen LogP contribution in [0, 0.1) is 12.3 Å². The highest BCUT2D eigenvalue weighted by Gasteiger charge is 2.20. The van der Waals surface area contributed by atoms with Crippen molar-refractivity contribution in [3.8, 4) is 18.1 Å². The van der Waals surface area contributed by atoms with Gasteiger partial charge in [0, 0.05) is 9.55 Å². The topological polar surface area (TPSA) is 76.1 Å². The molecule has 0 aliphatic heterocycles. The Kier molecular flexibility index (Phi) is 6.30. The Balaban J connectivity index is 3.14. The molecule has 0 saturated heterocycles. The van der Waals surface area contributed by atoms with Gasteiger partial charge in [-0.15, -0.1) is 6.42 Å². The first-order chi connectivity index (χ1) is 9.97. The molecule has 1 rings (SSSR count). The predicted molar refractivity (Wildman–Crippen MR) is 72.8 cm³/mol. The number of hydrogen-bond acceptors (Lipinski definition) is 5. The van der Waals surface area contributed by atoms with E-state index in [1.165, 1.54) is 18.2 Å². The zero-order valence-electron chi connectivity index (χ0n) is 10.7. The van der Waals surface area contributed by atoms with E-state index < -0.39 is 25.0 Å². The van der Waals surface area contributed by atoms with E-state index in [1.54, 1.807) is 0 Å². The highest BCUT2D eigenvalue weighted by molar-refractivity contribution is 6.31. The van der Waals surface area contributed by atoms with Crippen molar-refractivity contribution < 1.29 is 28.9 Å². The van der Waals surface area contributed by atoms with Gasteiger partial charge in [0.05, 0.1) is 5.69 Å². The number of carboxylic acid groups (broad SMARTS) is 1. The van der Waals surface area contributed by atoms with Crippen molar-refractivity contribution in [3.63, 3.8) is 0 Å². The molecule has 1 N–H and O–H groups in total. The van der Waals surface area contributed by atoms with Crippen LogP contribution in [-0.4, -0.2) is 36.7 Å². The van der Waals surface area contributed by atoms with Gasteiger partial charge in [-0.2, -0.15) is 0 Å². The summed E-state index contributed by atoms with van der Waals surface area (Å²) in [7, 11) is 0. The molecule has 1 aromatic carbocycles. The zero-order chi connectivity index (χ0) is 15.8. The fourth-order valence-electron chi connectivity index (χ4n) is 1.55. The molecule has 1 aromatic rings. The van der Waals surface area contributed by atoms with Crippen LogP contribution in [0.25, 0.3) is 0 Å². The number of anilines is 1. The Hall–Kier alpha value is -2.46. The lowest BCUT2D eigenvalue weighted by Gasteiger charge is -2.23. The van der Waals surface area contributed by atoms with Crippen LogP contribution in [0.15, 0.2) is 18.2 Å². The van der Waals surface area contributed by atoms with E-state index in [9.17, 15) is 14.1 Å². The molecule has 0 bridgehead atoms. The SMILES string of the molecule is C#CCOc1ccc(Cl)cc1N(CC(=O)O)CC(=O)OF. The summed E-state index contributed by atoms with van der Waals surface area (Å²) in [5, 5.41) is 9.15. The summed E-state index contributed by atoms with van der Waals surface area (Å²) in [5.41, 5.74) is 0.186. The van der Waals surface area contributed by atoms with Crippen LogP contribution in [0.2, 0.25) is 5.02 Å². The van der Waals surface area contributed by atoms with Crippen molar-refractivity contribution in [2.75, 3.05) is 24.6 Å². The van der Waals surface area contributed by atoms with Gasteiger partial charge in [0.2, 0.25) is 0 Å². The first-order valence-electron chi connectivity index (χ1n) is 5.62. The number of carbonyl (C=O) groups excluding carboxylic acids is 1. The molecule has 0 saturated carbocycles. The molecule has 21 heavy (non-hydrogen) atoms. The van der Waals surface area contributed by atoms with Crippen LogP contribution in [-0.2, 0) is 14.5 Å². The standard InChI is InChI=1S/C13H11ClFNO5/c1-2-5-20-11-4-3-9(14)6-10(11)16(7-12(17)18)8-13(19)21-15/h1,3-4,6H,5,7-8H2,(H,17,18). The van der Waals surface area contributed by atoms with Crippen molar-refractivity contribution in [1.82, 2.24) is 0 Å². The third kappa shape index (κ3) is 5.20. The monoisotopic (exact) mass is 315 g/mol. The highest BCUT2D eigenvalue weighted by Crippen LogP contribution is 2.31. The Morgan fingerprint density at radius 3 is 2.71 bits per heavy atom. The molecule has 0 atom stereocenters. The molecule has 0 fully saturated rings. The molecule has 0 aliphatic carbocycles. The number of terminal acetylenes is 1. The Labute approximate surface area is 124 Å². The molecule has 0 amide bonds. The van der Waals surface area contributed by atoms with Crippen molar-refractivity contribution in [2.45, 2.75) is 0 Å². The number of benzene rings is 1. The second-order valence-corrected chi connectivity index (χ2v) is 4.24. The van der Waals surface area contributed by atoms with Gasteiger partial charge in [-0.25, -0.2) is 4.79 Å². The van der Waals surface area contributed by atoms with Gasteiger partial charge in [-0.3, -0.25) is 9.74 Å². The first-order valence-corrected chi connectivity index (χ1v) is 5.99. The fraction of sp³-hybridized carbons (Fsp3) is 0.231. The largest absolute Gasteiger partial charge is 0.480 e. The Morgan fingerprint density at radius 2 is 2.14 bits per heavy atom. The normalized spacial score (nSPS) is 9.57. The van der Waals surface area contributed by atoms with E-state index in [4.69, 9.17) is 27.9 Å². The number of rotatable bonds is 7. The third-order valence-electron chi connectivity index (χ3n) is 2.30. The Bertz CT molecular complexity index is 572. The van der Waals surface area contributed by atoms with E-state index in [0.29, 0.717) is 0 Å². The minimum atomic E-state index is -1.25. The minimum absolute atomic E-state index is 0.0664. The number of nitrogens with zero attached hydrogens (tertiary/aromatic N) is 1. The lowest BCUT2D eigenvalue weighted by atomic mass is 10.2. The first kappa shape index (κ1) is 16.6. The van der Waals surface area contributed by atoms with E-state index in [2.05, 4.69) is 10.9 Å². The fourth-order valence-corrected chi connectivity index (χ4v) is 1.72. The zero-order valence-corrected chi connectivity index (χ0v) is 11.5. The molecule has 112 valence electrons. The van der Waals surface area contributed by atoms with Crippen LogP contribution in [0.5, 0.6) is 5.75 Å². The van der Waals surface area contributed by atoms with E-state index in [1.807, 2.05) is 0 Å². The molecule has 0 radical (unpaired) electrons. The molecular formula is C13H11ClFNO5. The van der Waals surface area contributed by atoms with Crippen molar-refractivity contribution >= 4 is 29.2 Å². The minimum Gasteiger partial charge on any atom is -0.480 e. The molecule has 6 nitrogen and oxygen atoms in total. The lowest BCUT2D eigenvalue weighted by Crippen LogP contribution is -2.35. The number of carboxylic acids is 1. The summed E-state index contributed by atoms with van der Waals surface area (Å²) in [6.07, 6.45) is 5.08. The van der Waals surface area contributed by atoms with Crippen molar-refractivity contribution in [3.05, 3.63) is 23.2 Å². The van der Waals surface area contributed by atoms with Gasteiger partial charge < -0.3 is 14.7 Å². The van der Waals surface area contributed by atoms with E-state index in [-0.39, 0.29) is 23.1 Å². The second-order valence-electron chi connectivity index (χ2n) is 3.80. The number of halogens is 2. The second kappa shape index (κ2) is 7.97.